The summed E-state index contributed by atoms with van der Waals surface area (Å²) in [4.78, 5) is 11.7. The van der Waals surface area contributed by atoms with Crippen LogP contribution in [-0.2, 0) is 0 Å². The van der Waals surface area contributed by atoms with Gasteiger partial charge in [-0.1, -0.05) is 6.07 Å². The molecule has 0 unspecified atom stereocenters. The molecule has 0 aliphatic carbocycles. The highest BCUT2D eigenvalue weighted by molar-refractivity contribution is 5.89. The number of carbonyl (C=O) groups excluding carboxylic acids is 1. The summed E-state index contributed by atoms with van der Waals surface area (Å²) in [5.74, 6) is 0.537. The summed E-state index contributed by atoms with van der Waals surface area (Å²) < 4.78 is 23.6. The van der Waals surface area contributed by atoms with Gasteiger partial charge in [-0.2, -0.15) is 0 Å². The minimum Gasteiger partial charge on any atom is -0.475 e. The van der Waals surface area contributed by atoms with Crippen LogP contribution in [0, 0.1) is 5.82 Å². The molecule has 0 radical (unpaired) electrons. The average Bonchev–Trinajstić information content (AvgIpc) is 3.14. The van der Waals surface area contributed by atoms with Gasteiger partial charge in [0.25, 0.3) is 0 Å². The van der Waals surface area contributed by atoms with Crippen LogP contribution in [0.5, 0.6) is 5.88 Å². The minimum absolute atomic E-state index is 0.214. The van der Waals surface area contributed by atoms with Crippen LogP contribution in [0.4, 0.5) is 14.9 Å². The fraction of sp³-hybridized carbons (Fsp3) is 0.118. The Morgan fingerprint density at radius 1 is 1.16 bits per heavy atom. The monoisotopic (exact) mass is 342 g/mol. The fourth-order valence-corrected chi connectivity index (χ4v) is 2.01. The van der Waals surface area contributed by atoms with Crippen LogP contribution in [0.3, 0.4) is 0 Å². The molecule has 2 aromatic heterocycles. The topological polar surface area (TPSA) is 89.3 Å². The average molecular weight is 342 g/mol. The van der Waals surface area contributed by atoms with E-state index in [1.54, 1.807) is 36.6 Å². The van der Waals surface area contributed by atoms with Gasteiger partial charge >= 0.3 is 6.03 Å². The summed E-state index contributed by atoms with van der Waals surface area (Å²) in [7, 11) is 0. The maximum atomic E-state index is 13.0. The van der Waals surface area contributed by atoms with Gasteiger partial charge < -0.3 is 19.8 Å². The van der Waals surface area contributed by atoms with Gasteiger partial charge in [0.2, 0.25) is 5.88 Å². The number of halogens is 1. The van der Waals surface area contributed by atoms with Crippen LogP contribution in [0.2, 0.25) is 0 Å². The molecule has 0 fully saturated rings. The molecule has 8 heteroatoms. The summed E-state index contributed by atoms with van der Waals surface area (Å²) in [6, 6.07) is 12.1. The standard InChI is InChI=1S/C17H15FN4O3/c18-12-3-1-4-13(11-12)20-17(23)19-8-10-25-16-7-6-14(21-22-16)15-5-2-9-24-15/h1-7,9,11H,8,10H2,(H2,19,20,23). The Morgan fingerprint density at radius 2 is 2.08 bits per heavy atom. The Hall–Kier alpha value is -3.42. The summed E-state index contributed by atoms with van der Waals surface area (Å²) >= 11 is 0. The van der Waals surface area contributed by atoms with Crippen LogP contribution >= 0.6 is 0 Å². The third-order valence-electron chi connectivity index (χ3n) is 3.13. The van der Waals surface area contributed by atoms with Crippen molar-refractivity contribution in [2.75, 3.05) is 18.5 Å². The van der Waals surface area contributed by atoms with E-state index in [9.17, 15) is 9.18 Å². The highest BCUT2D eigenvalue weighted by Gasteiger charge is 2.05. The van der Waals surface area contributed by atoms with E-state index >= 15 is 0 Å². The number of ether oxygens (including phenoxy) is 1. The first kappa shape index (κ1) is 16.4. The summed E-state index contributed by atoms with van der Waals surface area (Å²) in [6.45, 7) is 0.466. The van der Waals surface area contributed by atoms with Crippen molar-refractivity contribution in [3.8, 4) is 17.3 Å². The van der Waals surface area contributed by atoms with Gasteiger partial charge in [0.15, 0.2) is 5.76 Å². The molecule has 0 spiro atoms. The van der Waals surface area contributed by atoms with Gasteiger partial charge in [0, 0.05) is 11.8 Å². The number of hydrogen-bond donors (Lipinski definition) is 2. The van der Waals surface area contributed by atoms with Crippen molar-refractivity contribution >= 4 is 11.7 Å². The molecule has 0 saturated carbocycles. The molecular formula is C17H15FN4O3. The molecule has 0 aliphatic heterocycles. The van der Waals surface area contributed by atoms with E-state index in [4.69, 9.17) is 9.15 Å². The van der Waals surface area contributed by atoms with Crippen molar-refractivity contribution in [3.05, 3.63) is 60.6 Å². The van der Waals surface area contributed by atoms with Crippen LogP contribution in [-0.4, -0.2) is 29.4 Å². The third kappa shape index (κ3) is 4.77. The highest BCUT2D eigenvalue weighted by atomic mass is 19.1. The molecule has 2 amide bonds. The molecule has 25 heavy (non-hydrogen) atoms. The second-order valence-corrected chi connectivity index (χ2v) is 4.97. The van der Waals surface area contributed by atoms with Gasteiger partial charge in [-0.05, 0) is 36.4 Å². The molecule has 0 aliphatic rings. The second kappa shape index (κ2) is 7.91. The molecule has 3 rings (SSSR count). The summed E-state index contributed by atoms with van der Waals surface area (Å²) in [5, 5.41) is 13.0. The molecule has 0 saturated heterocycles. The van der Waals surface area contributed by atoms with Crippen molar-refractivity contribution in [1.82, 2.24) is 15.5 Å². The van der Waals surface area contributed by atoms with Crippen molar-refractivity contribution in [2.24, 2.45) is 0 Å². The van der Waals surface area contributed by atoms with Gasteiger partial charge in [0.05, 0.1) is 12.8 Å². The zero-order chi connectivity index (χ0) is 17.5. The lowest BCUT2D eigenvalue weighted by molar-refractivity contribution is 0.246. The fourth-order valence-electron chi connectivity index (χ4n) is 2.01. The first-order valence-corrected chi connectivity index (χ1v) is 7.51. The lowest BCUT2D eigenvalue weighted by atomic mass is 10.3. The van der Waals surface area contributed by atoms with Crippen molar-refractivity contribution in [2.45, 2.75) is 0 Å². The molecule has 0 atom stereocenters. The van der Waals surface area contributed by atoms with Crippen LogP contribution < -0.4 is 15.4 Å². The van der Waals surface area contributed by atoms with Gasteiger partial charge in [-0.15, -0.1) is 10.2 Å². The van der Waals surface area contributed by atoms with Crippen molar-refractivity contribution in [1.29, 1.82) is 0 Å². The number of nitrogens with zero attached hydrogens (tertiary/aromatic N) is 2. The number of urea groups is 1. The maximum Gasteiger partial charge on any atom is 0.319 e. The molecule has 7 nitrogen and oxygen atoms in total. The quantitative estimate of drug-likeness (QED) is 0.672. The van der Waals surface area contributed by atoms with Crippen LogP contribution in [0.15, 0.2) is 59.2 Å². The highest BCUT2D eigenvalue weighted by Crippen LogP contribution is 2.17. The number of furan rings is 1. The molecular weight excluding hydrogens is 327 g/mol. The van der Waals surface area contributed by atoms with Gasteiger partial charge in [0.1, 0.15) is 18.1 Å². The number of nitrogens with one attached hydrogen (secondary N) is 2. The molecule has 3 aromatic rings. The number of benzene rings is 1. The number of aromatic nitrogens is 2. The largest absolute Gasteiger partial charge is 0.475 e. The Labute approximate surface area is 142 Å². The van der Waals surface area contributed by atoms with E-state index in [2.05, 4.69) is 20.8 Å². The number of carbonyl (C=O) groups is 1. The zero-order valence-corrected chi connectivity index (χ0v) is 13.1. The minimum atomic E-state index is -0.451. The SMILES string of the molecule is O=C(NCCOc1ccc(-c2ccco2)nn1)Nc1cccc(F)c1. The number of hydrogen-bond acceptors (Lipinski definition) is 5. The predicted octanol–water partition coefficient (Wildman–Crippen LogP) is 3.08. The molecule has 2 heterocycles. The predicted molar refractivity (Wildman–Crippen MR) is 88.7 cm³/mol. The second-order valence-electron chi connectivity index (χ2n) is 4.97. The van der Waals surface area contributed by atoms with Crippen molar-refractivity contribution < 1.29 is 18.3 Å². The molecule has 1 aromatic carbocycles. The normalized spacial score (nSPS) is 10.3. The van der Waals surface area contributed by atoms with E-state index in [1.807, 2.05) is 0 Å². The van der Waals surface area contributed by atoms with E-state index in [1.165, 1.54) is 18.2 Å². The first-order valence-electron chi connectivity index (χ1n) is 7.51. The third-order valence-corrected chi connectivity index (χ3v) is 3.13. The molecule has 128 valence electrons. The number of rotatable bonds is 6. The summed E-state index contributed by atoms with van der Waals surface area (Å²) in [5.41, 5.74) is 0.975. The summed E-state index contributed by atoms with van der Waals surface area (Å²) in [6.07, 6.45) is 1.56. The van der Waals surface area contributed by atoms with Gasteiger partial charge in [-0.3, -0.25) is 0 Å². The Morgan fingerprint density at radius 3 is 2.80 bits per heavy atom. The van der Waals surface area contributed by atoms with Gasteiger partial charge in [-0.25, -0.2) is 9.18 Å². The number of anilines is 1. The van der Waals surface area contributed by atoms with E-state index in [0.717, 1.165) is 0 Å². The molecule has 0 bridgehead atoms. The first-order chi connectivity index (χ1) is 12.2. The Kier molecular flexibility index (Phi) is 5.20. The van der Waals surface area contributed by atoms with E-state index in [0.29, 0.717) is 23.0 Å². The van der Waals surface area contributed by atoms with E-state index in [-0.39, 0.29) is 13.2 Å². The Bertz CT molecular complexity index is 822. The van der Waals surface area contributed by atoms with Crippen molar-refractivity contribution in [3.63, 3.8) is 0 Å². The maximum absolute atomic E-state index is 13.0. The lowest BCUT2D eigenvalue weighted by Gasteiger charge is -2.08. The number of amides is 2. The Balaban J connectivity index is 1.40. The molecule has 2 N–H and O–H groups in total. The van der Waals surface area contributed by atoms with E-state index < -0.39 is 11.8 Å². The van der Waals surface area contributed by atoms with Crippen LogP contribution in [0.1, 0.15) is 0 Å². The zero-order valence-electron chi connectivity index (χ0n) is 13.1. The smallest absolute Gasteiger partial charge is 0.319 e. The lowest BCUT2D eigenvalue weighted by Crippen LogP contribution is -2.32. The van der Waals surface area contributed by atoms with Crippen LogP contribution in [0.25, 0.3) is 11.5 Å².